The molecule has 0 spiro atoms. The summed E-state index contributed by atoms with van der Waals surface area (Å²) in [5, 5.41) is 9.70. The molecule has 24 heavy (non-hydrogen) atoms. The molecule has 0 heterocycles. The van der Waals surface area contributed by atoms with Gasteiger partial charge in [-0.25, -0.2) is 4.99 Å². The third-order valence-corrected chi connectivity index (χ3v) is 3.95. The normalized spacial score (nSPS) is 12.4. The van der Waals surface area contributed by atoms with Crippen molar-refractivity contribution in [2.75, 3.05) is 13.6 Å². The van der Waals surface area contributed by atoms with E-state index in [-0.39, 0.29) is 0 Å². The van der Waals surface area contributed by atoms with E-state index in [0.717, 1.165) is 40.4 Å². The molecule has 0 aromatic heterocycles. The first-order valence-corrected chi connectivity index (χ1v) is 8.22. The summed E-state index contributed by atoms with van der Waals surface area (Å²) < 4.78 is 6.01. The summed E-state index contributed by atoms with van der Waals surface area (Å²) in [4.78, 5) is 6.56. The van der Waals surface area contributed by atoms with Crippen LogP contribution in [0.1, 0.15) is 36.6 Å². The predicted molar refractivity (Wildman–Crippen MR) is 99.5 cm³/mol. The van der Waals surface area contributed by atoms with Gasteiger partial charge in [0.1, 0.15) is 11.5 Å². The zero-order chi connectivity index (χ0) is 17.7. The summed E-state index contributed by atoms with van der Waals surface area (Å²) in [5.41, 5.74) is 3.86. The summed E-state index contributed by atoms with van der Waals surface area (Å²) in [6.07, 6.45) is 1.33. The Hall–Kier alpha value is -2.33. The van der Waals surface area contributed by atoms with Crippen molar-refractivity contribution < 1.29 is 9.84 Å². The molecule has 0 aliphatic heterocycles. The second kappa shape index (κ2) is 7.97. The summed E-state index contributed by atoms with van der Waals surface area (Å²) in [7, 11) is 2.00. The van der Waals surface area contributed by atoms with Gasteiger partial charge in [0.2, 0.25) is 0 Å². The van der Waals surface area contributed by atoms with Gasteiger partial charge in [-0.2, -0.15) is 0 Å². The van der Waals surface area contributed by atoms with Gasteiger partial charge in [0.15, 0.2) is 0 Å². The second-order valence-electron chi connectivity index (χ2n) is 6.07. The maximum atomic E-state index is 9.70. The van der Waals surface area contributed by atoms with E-state index in [2.05, 4.69) is 11.9 Å². The highest BCUT2D eigenvalue weighted by molar-refractivity contribution is 5.64. The van der Waals surface area contributed by atoms with Crippen LogP contribution in [0.3, 0.4) is 0 Å². The molecule has 4 heteroatoms. The Labute approximate surface area is 144 Å². The van der Waals surface area contributed by atoms with Gasteiger partial charge in [-0.1, -0.05) is 12.1 Å². The Bertz CT molecular complexity index is 724. The fourth-order valence-corrected chi connectivity index (χ4v) is 2.23. The lowest BCUT2D eigenvalue weighted by Crippen LogP contribution is -2.14. The van der Waals surface area contributed by atoms with Gasteiger partial charge >= 0.3 is 0 Å². The summed E-state index contributed by atoms with van der Waals surface area (Å²) in [6.45, 7) is 8.78. The molecular weight excluding hydrogens is 300 g/mol. The molecule has 2 aromatic rings. The fourth-order valence-electron chi connectivity index (χ4n) is 2.23. The number of aliphatic hydroxyl groups excluding tert-OH is 1. The standard InChI is InChI=1S/C20H26N2O2/c1-6-22(5)13-21-19-10-15(3)20(11-14(19)2)24-18-9-7-8-17(12-18)16(4)23/h7-13,16,23H,6H2,1-5H3/b21-13+. The van der Waals surface area contributed by atoms with Crippen LogP contribution in [-0.4, -0.2) is 29.9 Å². The highest BCUT2D eigenvalue weighted by Crippen LogP contribution is 2.32. The molecule has 1 N–H and O–H groups in total. The van der Waals surface area contributed by atoms with E-state index in [4.69, 9.17) is 4.74 Å². The van der Waals surface area contributed by atoms with Gasteiger partial charge in [-0.15, -0.1) is 0 Å². The Kier molecular flexibility index (Phi) is 5.99. The van der Waals surface area contributed by atoms with E-state index in [9.17, 15) is 5.11 Å². The third-order valence-electron chi connectivity index (χ3n) is 3.95. The number of aryl methyl sites for hydroxylation is 2. The highest BCUT2D eigenvalue weighted by atomic mass is 16.5. The monoisotopic (exact) mass is 326 g/mol. The average Bonchev–Trinajstić information content (AvgIpc) is 2.56. The fraction of sp³-hybridized carbons (Fsp3) is 0.350. The number of rotatable bonds is 6. The van der Waals surface area contributed by atoms with Gasteiger partial charge in [0, 0.05) is 13.6 Å². The van der Waals surface area contributed by atoms with Crippen LogP contribution in [0.25, 0.3) is 0 Å². The summed E-state index contributed by atoms with van der Waals surface area (Å²) in [5.74, 6) is 1.52. The minimum Gasteiger partial charge on any atom is -0.457 e. The number of aliphatic hydroxyl groups is 1. The minimum atomic E-state index is -0.511. The Morgan fingerprint density at radius 2 is 1.96 bits per heavy atom. The van der Waals surface area contributed by atoms with Crippen molar-refractivity contribution in [1.29, 1.82) is 0 Å². The zero-order valence-electron chi connectivity index (χ0n) is 15.1. The van der Waals surface area contributed by atoms with Crippen molar-refractivity contribution in [3.8, 4) is 11.5 Å². The number of aliphatic imine (C=N–C) groups is 1. The largest absolute Gasteiger partial charge is 0.457 e. The smallest absolute Gasteiger partial charge is 0.130 e. The van der Waals surface area contributed by atoms with E-state index >= 15 is 0 Å². The van der Waals surface area contributed by atoms with Crippen LogP contribution in [-0.2, 0) is 0 Å². The van der Waals surface area contributed by atoms with Crippen LogP contribution in [0.2, 0.25) is 0 Å². The lowest BCUT2D eigenvalue weighted by molar-refractivity contribution is 0.199. The Morgan fingerprint density at radius 3 is 2.62 bits per heavy atom. The summed E-state index contributed by atoms with van der Waals surface area (Å²) in [6, 6.07) is 11.6. The van der Waals surface area contributed by atoms with Gasteiger partial charge in [-0.05, 0) is 68.7 Å². The van der Waals surface area contributed by atoms with Crippen molar-refractivity contribution in [3.05, 3.63) is 53.1 Å². The van der Waals surface area contributed by atoms with Crippen molar-refractivity contribution in [1.82, 2.24) is 4.90 Å². The third kappa shape index (κ3) is 4.59. The van der Waals surface area contributed by atoms with Crippen molar-refractivity contribution >= 4 is 12.0 Å². The van der Waals surface area contributed by atoms with Crippen LogP contribution < -0.4 is 4.74 Å². The van der Waals surface area contributed by atoms with Crippen molar-refractivity contribution in [2.45, 2.75) is 33.8 Å². The molecule has 0 aliphatic rings. The number of benzene rings is 2. The highest BCUT2D eigenvalue weighted by Gasteiger charge is 2.08. The molecule has 1 unspecified atom stereocenters. The van der Waals surface area contributed by atoms with Crippen LogP contribution in [0, 0.1) is 13.8 Å². The van der Waals surface area contributed by atoms with Crippen LogP contribution in [0.4, 0.5) is 5.69 Å². The lowest BCUT2D eigenvalue weighted by Gasteiger charge is -2.14. The van der Waals surface area contributed by atoms with E-state index < -0.39 is 6.10 Å². The molecule has 2 aromatic carbocycles. The minimum absolute atomic E-state index is 0.511. The predicted octanol–water partition coefficient (Wildman–Crippen LogP) is 4.76. The molecule has 0 radical (unpaired) electrons. The first kappa shape index (κ1) is 18.0. The van der Waals surface area contributed by atoms with Gasteiger partial charge < -0.3 is 14.7 Å². The molecule has 4 nitrogen and oxygen atoms in total. The van der Waals surface area contributed by atoms with Crippen molar-refractivity contribution in [3.63, 3.8) is 0 Å². The molecule has 0 bridgehead atoms. The first-order valence-electron chi connectivity index (χ1n) is 8.22. The van der Waals surface area contributed by atoms with Crippen LogP contribution in [0.5, 0.6) is 11.5 Å². The second-order valence-corrected chi connectivity index (χ2v) is 6.07. The van der Waals surface area contributed by atoms with E-state index in [1.807, 2.05) is 68.5 Å². The van der Waals surface area contributed by atoms with Crippen molar-refractivity contribution in [2.24, 2.45) is 4.99 Å². The van der Waals surface area contributed by atoms with E-state index in [1.54, 1.807) is 6.92 Å². The molecule has 0 saturated heterocycles. The van der Waals surface area contributed by atoms with Gasteiger partial charge in [0.25, 0.3) is 0 Å². The molecule has 2 rings (SSSR count). The molecule has 0 saturated carbocycles. The number of hydrogen-bond donors (Lipinski definition) is 1. The molecular formula is C20H26N2O2. The molecule has 1 atom stereocenters. The Morgan fingerprint density at radius 1 is 1.21 bits per heavy atom. The maximum absolute atomic E-state index is 9.70. The first-order chi connectivity index (χ1) is 11.4. The van der Waals surface area contributed by atoms with E-state index in [0.29, 0.717) is 0 Å². The van der Waals surface area contributed by atoms with Gasteiger partial charge in [-0.3, -0.25) is 0 Å². The Balaban J connectivity index is 2.24. The number of ether oxygens (including phenoxy) is 1. The van der Waals surface area contributed by atoms with Crippen LogP contribution in [0.15, 0.2) is 41.4 Å². The quantitative estimate of drug-likeness (QED) is 0.615. The van der Waals surface area contributed by atoms with Crippen LogP contribution >= 0.6 is 0 Å². The van der Waals surface area contributed by atoms with E-state index in [1.165, 1.54) is 0 Å². The number of nitrogens with zero attached hydrogens (tertiary/aromatic N) is 2. The molecule has 128 valence electrons. The molecule has 0 aliphatic carbocycles. The summed E-state index contributed by atoms with van der Waals surface area (Å²) >= 11 is 0. The topological polar surface area (TPSA) is 45.1 Å². The molecule has 0 amide bonds. The lowest BCUT2D eigenvalue weighted by atomic mass is 10.1. The average molecular weight is 326 g/mol. The van der Waals surface area contributed by atoms with Gasteiger partial charge in [0.05, 0.1) is 18.1 Å². The zero-order valence-corrected chi connectivity index (χ0v) is 15.1. The maximum Gasteiger partial charge on any atom is 0.130 e. The molecule has 0 fully saturated rings. The SMILES string of the molecule is CCN(C)/C=N/c1cc(C)c(Oc2cccc(C(C)O)c2)cc1C. The number of hydrogen-bond acceptors (Lipinski definition) is 3.